The normalized spacial score (nSPS) is 22.7. The maximum Gasteiger partial charge on any atom is 0.249 e. The SMILES string of the molecule is COCC(=O)N1C(C=Cc2ccccc2)C(C(=O)c2cccs2)C(c2ccc(C(C)(C)C)cc2)C1C(=O)N1CCNCC1. The number of ether oxygens (including phenoxy) is 1. The number of methoxy groups -OCH3 is 1. The van der Waals surface area contributed by atoms with Crippen molar-refractivity contribution in [2.75, 3.05) is 39.9 Å². The van der Waals surface area contributed by atoms with E-state index in [1.165, 1.54) is 18.4 Å². The predicted molar refractivity (Wildman–Crippen MR) is 171 cm³/mol. The lowest BCUT2D eigenvalue weighted by Crippen LogP contribution is -2.56. The van der Waals surface area contributed by atoms with Crippen molar-refractivity contribution in [2.24, 2.45) is 5.92 Å². The minimum absolute atomic E-state index is 0.0577. The molecule has 2 fully saturated rings. The zero-order valence-electron chi connectivity index (χ0n) is 25.4. The van der Waals surface area contributed by atoms with Gasteiger partial charge in [0.05, 0.1) is 16.8 Å². The molecular formula is C35H41N3O4S. The molecule has 2 aliphatic heterocycles. The van der Waals surface area contributed by atoms with E-state index in [4.69, 9.17) is 4.74 Å². The smallest absolute Gasteiger partial charge is 0.249 e. The Morgan fingerprint density at radius 1 is 0.977 bits per heavy atom. The summed E-state index contributed by atoms with van der Waals surface area (Å²) in [6, 6.07) is 20.3. The van der Waals surface area contributed by atoms with Gasteiger partial charge in [-0.25, -0.2) is 0 Å². The average Bonchev–Trinajstić information content (AvgIpc) is 3.67. The number of hydrogen-bond acceptors (Lipinski definition) is 6. The van der Waals surface area contributed by atoms with Crippen LogP contribution in [0.1, 0.15) is 53.1 Å². The van der Waals surface area contributed by atoms with Crippen molar-refractivity contribution in [2.45, 2.75) is 44.2 Å². The van der Waals surface area contributed by atoms with Gasteiger partial charge in [0.25, 0.3) is 0 Å². The van der Waals surface area contributed by atoms with Crippen molar-refractivity contribution < 1.29 is 19.1 Å². The molecule has 8 heteroatoms. The zero-order valence-corrected chi connectivity index (χ0v) is 26.2. The number of ketones is 1. The van der Waals surface area contributed by atoms with Crippen LogP contribution in [-0.2, 0) is 19.7 Å². The highest BCUT2D eigenvalue weighted by molar-refractivity contribution is 7.12. The second-order valence-electron chi connectivity index (χ2n) is 12.3. The number of hydrogen-bond donors (Lipinski definition) is 1. The highest BCUT2D eigenvalue weighted by atomic mass is 32.1. The molecule has 226 valence electrons. The van der Waals surface area contributed by atoms with Crippen LogP contribution in [0.5, 0.6) is 0 Å². The third kappa shape index (κ3) is 6.66. The summed E-state index contributed by atoms with van der Waals surface area (Å²) in [7, 11) is 1.48. The fraction of sp³-hybridized carbons (Fsp3) is 0.400. The Bertz CT molecular complexity index is 1420. The first-order valence-corrected chi connectivity index (χ1v) is 15.8. The molecule has 2 aliphatic rings. The predicted octanol–water partition coefficient (Wildman–Crippen LogP) is 5.00. The van der Waals surface area contributed by atoms with Crippen LogP contribution in [0.2, 0.25) is 0 Å². The van der Waals surface area contributed by atoms with Crippen LogP contribution in [0, 0.1) is 5.92 Å². The van der Waals surface area contributed by atoms with Crippen molar-refractivity contribution in [1.82, 2.24) is 15.1 Å². The van der Waals surface area contributed by atoms with E-state index in [1.807, 2.05) is 77.0 Å². The van der Waals surface area contributed by atoms with Crippen molar-refractivity contribution in [1.29, 1.82) is 0 Å². The summed E-state index contributed by atoms with van der Waals surface area (Å²) in [5, 5.41) is 5.20. The molecule has 1 aromatic heterocycles. The lowest BCUT2D eigenvalue weighted by molar-refractivity contribution is -0.147. The highest BCUT2D eigenvalue weighted by Crippen LogP contribution is 2.46. The molecule has 0 radical (unpaired) electrons. The summed E-state index contributed by atoms with van der Waals surface area (Å²) in [6.07, 6.45) is 3.88. The molecule has 3 heterocycles. The summed E-state index contributed by atoms with van der Waals surface area (Å²) < 4.78 is 5.33. The van der Waals surface area contributed by atoms with Crippen molar-refractivity contribution in [3.05, 3.63) is 99.8 Å². The van der Waals surface area contributed by atoms with Gasteiger partial charge in [-0.15, -0.1) is 11.3 Å². The van der Waals surface area contributed by atoms with Crippen molar-refractivity contribution in [3.63, 3.8) is 0 Å². The Balaban J connectivity index is 1.70. The molecule has 7 nitrogen and oxygen atoms in total. The number of piperazine rings is 1. The first-order valence-electron chi connectivity index (χ1n) is 14.9. The van der Waals surface area contributed by atoms with Crippen LogP contribution in [0.15, 0.2) is 78.2 Å². The number of nitrogens with zero attached hydrogens (tertiary/aromatic N) is 2. The van der Waals surface area contributed by atoms with E-state index in [0.29, 0.717) is 31.1 Å². The summed E-state index contributed by atoms with van der Waals surface area (Å²) in [4.78, 5) is 47.1. The van der Waals surface area contributed by atoms with Crippen LogP contribution in [0.3, 0.4) is 0 Å². The second kappa shape index (κ2) is 13.4. The number of Topliss-reactive ketones (excluding diaryl/α,β-unsaturated/α-hetero) is 1. The van der Waals surface area contributed by atoms with Crippen LogP contribution in [0.4, 0.5) is 0 Å². The van der Waals surface area contributed by atoms with E-state index < -0.39 is 23.9 Å². The molecule has 0 spiro atoms. The zero-order chi connectivity index (χ0) is 30.6. The Kier molecular flexibility index (Phi) is 9.59. The largest absolute Gasteiger partial charge is 0.375 e. The van der Waals surface area contributed by atoms with E-state index in [9.17, 15) is 14.4 Å². The molecule has 2 aromatic carbocycles. The number of rotatable bonds is 8. The molecule has 0 saturated carbocycles. The molecule has 4 unspecified atom stereocenters. The van der Waals surface area contributed by atoms with Gasteiger partial charge >= 0.3 is 0 Å². The van der Waals surface area contributed by atoms with Gasteiger partial charge in [-0.05, 0) is 33.6 Å². The Morgan fingerprint density at radius 2 is 1.67 bits per heavy atom. The molecule has 1 N–H and O–H groups in total. The van der Waals surface area contributed by atoms with Crippen LogP contribution >= 0.6 is 11.3 Å². The van der Waals surface area contributed by atoms with Crippen LogP contribution < -0.4 is 5.32 Å². The van der Waals surface area contributed by atoms with Gasteiger partial charge in [-0.1, -0.05) is 93.6 Å². The Labute approximate surface area is 258 Å². The third-order valence-corrected chi connectivity index (χ3v) is 9.35. The van der Waals surface area contributed by atoms with Gasteiger partial charge in [0.1, 0.15) is 12.6 Å². The Morgan fingerprint density at radius 3 is 2.28 bits per heavy atom. The summed E-state index contributed by atoms with van der Waals surface area (Å²) in [6.45, 7) is 8.76. The molecule has 3 aromatic rings. The number of carbonyl (C=O) groups excluding carboxylic acids is 3. The number of benzene rings is 2. The quantitative estimate of drug-likeness (QED) is 0.369. The standard InChI is InChI=1S/C35H41N3O4S/c1-35(2,3)26-15-13-25(14-16-26)30-31(33(40)28-11-8-22-43-28)27(17-12-24-9-6-5-7-10-24)38(29(39)23-42-4)32(30)34(41)37-20-18-36-19-21-37/h5-17,22,27,30-32,36H,18-21,23H2,1-4H3. The fourth-order valence-electron chi connectivity index (χ4n) is 6.29. The minimum atomic E-state index is -0.861. The van der Waals surface area contributed by atoms with Crippen LogP contribution in [-0.4, -0.2) is 79.4 Å². The van der Waals surface area contributed by atoms with E-state index in [2.05, 4.69) is 38.2 Å². The molecule has 43 heavy (non-hydrogen) atoms. The van der Waals surface area contributed by atoms with E-state index in [1.54, 1.807) is 4.90 Å². The maximum atomic E-state index is 14.5. The van der Waals surface area contributed by atoms with Gasteiger partial charge in [0, 0.05) is 39.2 Å². The van der Waals surface area contributed by atoms with Crippen LogP contribution in [0.25, 0.3) is 6.08 Å². The van der Waals surface area contributed by atoms with Crippen molar-refractivity contribution in [3.8, 4) is 0 Å². The number of thiophene rings is 1. The van der Waals surface area contributed by atoms with Crippen molar-refractivity contribution >= 4 is 35.0 Å². The van der Waals surface area contributed by atoms with Gasteiger partial charge in [-0.2, -0.15) is 0 Å². The number of nitrogens with one attached hydrogen (secondary N) is 1. The fourth-order valence-corrected chi connectivity index (χ4v) is 7.00. The van der Waals surface area contributed by atoms with E-state index >= 15 is 0 Å². The monoisotopic (exact) mass is 599 g/mol. The maximum absolute atomic E-state index is 14.5. The molecule has 5 rings (SSSR count). The molecule has 2 amide bonds. The summed E-state index contributed by atoms with van der Waals surface area (Å²) in [5.41, 5.74) is 2.93. The lowest BCUT2D eigenvalue weighted by atomic mass is 9.77. The second-order valence-corrected chi connectivity index (χ2v) is 13.2. The minimum Gasteiger partial charge on any atom is -0.375 e. The molecular weight excluding hydrogens is 558 g/mol. The van der Waals surface area contributed by atoms with Gasteiger partial charge < -0.3 is 19.9 Å². The molecule has 0 bridgehead atoms. The van der Waals surface area contributed by atoms with E-state index in [0.717, 1.165) is 16.7 Å². The molecule has 0 aliphatic carbocycles. The summed E-state index contributed by atoms with van der Waals surface area (Å²) in [5.74, 6) is -1.71. The first kappa shape index (κ1) is 30.9. The lowest BCUT2D eigenvalue weighted by Gasteiger charge is -2.36. The van der Waals surface area contributed by atoms with Gasteiger partial charge in [0.15, 0.2) is 5.78 Å². The summed E-state index contributed by atoms with van der Waals surface area (Å²) >= 11 is 1.39. The average molecular weight is 600 g/mol. The van der Waals surface area contributed by atoms with Gasteiger partial charge in [0.2, 0.25) is 11.8 Å². The van der Waals surface area contributed by atoms with Gasteiger partial charge in [-0.3, -0.25) is 14.4 Å². The molecule has 4 atom stereocenters. The Hall–Kier alpha value is -3.59. The topological polar surface area (TPSA) is 79.0 Å². The number of carbonyl (C=O) groups is 3. The van der Waals surface area contributed by atoms with E-state index in [-0.39, 0.29) is 29.6 Å². The number of likely N-dealkylation sites (tertiary alicyclic amines) is 1. The first-order chi connectivity index (χ1) is 20.7. The third-order valence-electron chi connectivity index (χ3n) is 8.47. The highest BCUT2D eigenvalue weighted by Gasteiger charge is 2.57. The molecule has 2 saturated heterocycles. The number of amides is 2.